The first kappa shape index (κ1) is 20.1. The molecule has 0 radical (unpaired) electrons. The van der Waals surface area contributed by atoms with Gasteiger partial charge in [-0.3, -0.25) is 9.48 Å². The fraction of sp³-hybridized carbons (Fsp3) is 0.333. The maximum atomic E-state index is 14.3. The minimum atomic E-state index is -3.33. The summed E-state index contributed by atoms with van der Waals surface area (Å²) in [6.07, 6.45) is 2.45. The monoisotopic (exact) mass is 413 g/mol. The van der Waals surface area contributed by atoms with Crippen molar-refractivity contribution < 1.29 is 18.7 Å². The number of nitrogens with zero attached hydrogens (tertiary/aromatic N) is 4. The zero-order chi connectivity index (χ0) is 21.3. The van der Waals surface area contributed by atoms with Crippen LogP contribution in [0.2, 0.25) is 0 Å². The van der Waals surface area contributed by atoms with Crippen molar-refractivity contribution in [2.45, 2.75) is 38.0 Å². The third-order valence-electron chi connectivity index (χ3n) is 5.33. The second kappa shape index (κ2) is 7.91. The quantitative estimate of drug-likeness (QED) is 0.604. The SMILES string of the molecule is C[C@@H]1C[C@@H](Nc2ncncc2C(=O)c2ccn(Cc3ccccc3)n2)C(F)(F)[C@@H]1O. The highest BCUT2D eigenvalue weighted by atomic mass is 19.3. The van der Waals surface area contributed by atoms with Crippen molar-refractivity contribution in [1.29, 1.82) is 0 Å². The lowest BCUT2D eigenvalue weighted by atomic mass is 10.1. The number of aliphatic hydroxyl groups is 1. The number of ketones is 1. The lowest BCUT2D eigenvalue weighted by molar-refractivity contribution is -0.101. The zero-order valence-electron chi connectivity index (χ0n) is 16.2. The van der Waals surface area contributed by atoms with E-state index in [1.54, 1.807) is 23.9 Å². The van der Waals surface area contributed by atoms with Gasteiger partial charge in [0, 0.05) is 12.4 Å². The van der Waals surface area contributed by atoms with Gasteiger partial charge in [-0.25, -0.2) is 18.7 Å². The number of aliphatic hydroxyl groups excluding tert-OH is 1. The number of hydrogen-bond donors (Lipinski definition) is 2. The van der Waals surface area contributed by atoms with Crippen molar-refractivity contribution >= 4 is 11.6 Å². The minimum absolute atomic E-state index is 0.00131. The Hall–Kier alpha value is -3.20. The maximum absolute atomic E-state index is 14.3. The highest BCUT2D eigenvalue weighted by Gasteiger charge is 2.55. The molecule has 0 unspecified atom stereocenters. The molecule has 9 heteroatoms. The Balaban J connectivity index is 1.55. The summed E-state index contributed by atoms with van der Waals surface area (Å²) in [4.78, 5) is 20.8. The third kappa shape index (κ3) is 3.80. The third-order valence-corrected chi connectivity index (χ3v) is 5.33. The van der Waals surface area contributed by atoms with E-state index in [9.17, 15) is 18.7 Å². The van der Waals surface area contributed by atoms with Gasteiger partial charge in [-0.05, 0) is 24.0 Å². The topological polar surface area (TPSA) is 92.9 Å². The molecule has 4 rings (SSSR count). The van der Waals surface area contributed by atoms with E-state index in [2.05, 4.69) is 20.4 Å². The predicted octanol–water partition coefficient (Wildman–Crippen LogP) is 2.77. The number of nitrogens with one attached hydrogen (secondary N) is 1. The van der Waals surface area contributed by atoms with Crippen LogP contribution in [0.25, 0.3) is 0 Å². The summed E-state index contributed by atoms with van der Waals surface area (Å²) in [7, 11) is 0. The van der Waals surface area contributed by atoms with Crippen LogP contribution in [0.3, 0.4) is 0 Å². The van der Waals surface area contributed by atoms with Crippen molar-refractivity contribution in [3.63, 3.8) is 0 Å². The van der Waals surface area contributed by atoms with Gasteiger partial charge in [0.1, 0.15) is 23.9 Å². The van der Waals surface area contributed by atoms with Gasteiger partial charge in [-0.1, -0.05) is 37.3 Å². The van der Waals surface area contributed by atoms with Crippen LogP contribution in [0.15, 0.2) is 55.1 Å². The van der Waals surface area contributed by atoms with E-state index in [0.717, 1.165) is 5.56 Å². The fourth-order valence-corrected chi connectivity index (χ4v) is 3.65. The highest BCUT2D eigenvalue weighted by Crippen LogP contribution is 2.41. The van der Waals surface area contributed by atoms with Gasteiger partial charge < -0.3 is 10.4 Å². The van der Waals surface area contributed by atoms with Gasteiger partial charge in [-0.15, -0.1) is 0 Å². The molecule has 0 aliphatic heterocycles. The molecule has 1 aliphatic rings. The number of aromatic nitrogens is 4. The number of rotatable bonds is 6. The first-order chi connectivity index (χ1) is 14.4. The molecule has 0 bridgehead atoms. The molecule has 3 aromatic rings. The molecule has 2 heterocycles. The second-order valence-electron chi connectivity index (χ2n) is 7.53. The molecule has 1 aromatic carbocycles. The first-order valence-corrected chi connectivity index (χ1v) is 9.60. The maximum Gasteiger partial charge on any atom is 0.293 e. The molecule has 3 atom stereocenters. The predicted molar refractivity (Wildman–Crippen MR) is 105 cm³/mol. The summed E-state index contributed by atoms with van der Waals surface area (Å²) in [6, 6.07) is 9.89. The van der Waals surface area contributed by atoms with E-state index in [1.807, 2.05) is 30.3 Å². The van der Waals surface area contributed by atoms with Crippen LogP contribution in [0.1, 0.15) is 35.0 Å². The molecule has 30 heavy (non-hydrogen) atoms. The van der Waals surface area contributed by atoms with Gasteiger partial charge in [0.25, 0.3) is 5.92 Å². The lowest BCUT2D eigenvalue weighted by Gasteiger charge is -2.23. The number of anilines is 1. The molecule has 156 valence electrons. The normalized spacial score (nSPS) is 22.7. The standard InChI is InChI=1S/C21H21F2N5O2/c1-13-9-17(21(22,23)19(13)30)26-20-15(10-24-12-25-20)18(29)16-7-8-28(27-16)11-14-5-3-2-4-6-14/h2-8,10,12-13,17,19,30H,9,11H2,1H3,(H,24,25,26)/t13-,17-,19-/m1/s1. The van der Waals surface area contributed by atoms with Crippen molar-refractivity contribution in [2.24, 2.45) is 5.92 Å². The van der Waals surface area contributed by atoms with E-state index in [1.165, 1.54) is 12.5 Å². The van der Waals surface area contributed by atoms with E-state index in [4.69, 9.17) is 0 Å². The van der Waals surface area contributed by atoms with Crippen LogP contribution < -0.4 is 5.32 Å². The number of carbonyl (C=O) groups excluding carboxylic acids is 1. The van der Waals surface area contributed by atoms with Gasteiger partial charge in [0.2, 0.25) is 5.78 Å². The number of halogens is 2. The Morgan fingerprint density at radius 1 is 1.30 bits per heavy atom. The second-order valence-corrected chi connectivity index (χ2v) is 7.53. The molecule has 1 saturated carbocycles. The van der Waals surface area contributed by atoms with Crippen molar-refractivity contribution in [3.05, 3.63) is 71.9 Å². The summed E-state index contributed by atoms with van der Waals surface area (Å²) in [5, 5.41) is 16.7. The Morgan fingerprint density at radius 2 is 2.07 bits per heavy atom. The summed E-state index contributed by atoms with van der Waals surface area (Å²) in [5.74, 6) is -4.38. The zero-order valence-corrected chi connectivity index (χ0v) is 16.2. The van der Waals surface area contributed by atoms with E-state index in [-0.39, 0.29) is 23.5 Å². The molecular formula is C21H21F2N5O2. The molecule has 1 aliphatic carbocycles. The van der Waals surface area contributed by atoms with Crippen LogP contribution in [0, 0.1) is 5.92 Å². The molecule has 0 saturated heterocycles. The Bertz CT molecular complexity index is 1040. The van der Waals surface area contributed by atoms with Gasteiger partial charge in [-0.2, -0.15) is 5.10 Å². The average Bonchev–Trinajstić information content (AvgIpc) is 3.28. The van der Waals surface area contributed by atoms with Gasteiger partial charge >= 0.3 is 0 Å². The largest absolute Gasteiger partial charge is 0.386 e. The Labute approximate surface area is 171 Å². The van der Waals surface area contributed by atoms with Crippen LogP contribution in [0.5, 0.6) is 0 Å². The smallest absolute Gasteiger partial charge is 0.293 e. The lowest BCUT2D eigenvalue weighted by Crippen LogP contribution is -2.42. The molecule has 7 nitrogen and oxygen atoms in total. The number of carbonyl (C=O) groups is 1. The van der Waals surface area contributed by atoms with Crippen LogP contribution in [-0.4, -0.2) is 48.7 Å². The van der Waals surface area contributed by atoms with Gasteiger partial charge in [0.05, 0.1) is 18.2 Å². The minimum Gasteiger partial charge on any atom is -0.386 e. The summed E-state index contributed by atoms with van der Waals surface area (Å²) >= 11 is 0. The van der Waals surface area contributed by atoms with Crippen molar-refractivity contribution in [2.75, 3.05) is 5.32 Å². The summed E-state index contributed by atoms with van der Waals surface area (Å²) < 4.78 is 30.3. The molecule has 0 amide bonds. The number of benzene rings is 1. The molecule has 2 aromatic heterocycles. The van der Waals surface area contributed by atoms with Crippen LogP contribution in [-0.2, 0) is 6.54 Å². The van der Waals surface area contributed by atoms with E-state index in [0.29, 0.717) is 6.54 Å². The fourth-order valence-electron chi connectivity index (χ4n) is 3.65. The molecule has 1 fully saturated rings. The summed E-state index contributed by atoms with van der Waals surface area (Å²) in [6.45, 7) is 2.06. The van der Waals surface area contributed by atoms with Crippen molar-refractivity contribution in [3.8, 4) is 0 Å². The molecule has 2 N–H and O–H groups in total. The van der Waals surface area contributed by atoms with Crippen molar-refractivity contribution in [1.82, 2.24) is 19.7 Å². The highest BCUT2D eigenvalue weighted by molar-refractivity contribution is 6.10. The average molecular weight is 413 g/mol. The van der Waals surface area contributed by atoms with Crippen LogP contribution in [0.4, 0.5) is 14.6 Å². The molecule has 0 spiro atoms. The molecular weight excluding hydrogens is 392 g/mol. The first-order valence-electron chi connectivity index (χ1n) is 9.60. The van der Waals surface area contributed by atoms with E-state index < -0.39 is 29.8 Å². The summed E-state index contributed by atoms with van der Waals surface area (Å²) in [5.41, 5.74) is 1.24. The number of alkyl halides is 2. The van der Waals surface area contributed by atoms with E-state index >= 15 is 0 Å². The Morgan fingerprint density at radius 3 is 2.77 bits per heavy atom. The number of hydrogen-bond acceptors (Lipinski definition) is 6. The Kier molecular flexibility index (Phi) is 5.29. The van der Waals surface area contributed by atoms with Crippen LogP contribution >= 0.6 is 0 Å². The van der Waals surface area contributed by atoms with Gasteiger partial charge in [0.15, 0.2) is 0 Å².